The van der Waals surface area contributed by atoms with Crippen molar-refractivity contribution in [3.8, 4) is 5.75 Å². The van der Waals surface area contributed by atoms with Crippen molar-refractivity contribution in [2.24, 2.45) is 0 Å². The van der Waals surface area contributed by atoms with Crippen LogP contribution < -0.4 is 4.74 Å². The van der Waals surface area contributed by atoms with E-state index in [-0.39, 0.29) is 11.5 Å². The molecule has 0 aromatic heterocycles. The molecule has 9 heteroatoms. The molecule has 0 saturated carbocycles. The molecule has 2 aliphatic heterocycles. The number of rotatable bonds is 7. The second-order valence-corrected chi connectivity index (χ2v) is 10.4. The van der Waals surface area contributed by atoms with Crippen LogP contribution in [-0.2, 0) is 16.4 Å². The number of ether oxygens (including phenoxy) is 1. The van der Waals surface area contributed by atoms with Gasteiger partial charge < -0.3 is 9.64 Å². The van der Waals surface area contributed by atoms with E-state index in [4.69, 9.17) is 4.74 Å². The normalized spacial score (nSPS) is 17.9. The lowest BCUT2D eigenvalue weighted by Gasteiger charge is -2.35. The van der Waals surface area contributed by atoms with Crippen LogP contribution in [0.5, 0.6) is 5.75 Å². The molecule has 2 aromatic rings. The molecule has 0 bridgehead atoms. The van der Waals surface area contributed by atoms with E-state index < -0.39 is 20.7 Å². The van der Waals surface area contributed by atoms with E-state index in [1.54, 1.807) is 12.0 Å². The SMILES string of the molecule is COc1ccc(CCN2CCN(C(=O)c3ccc(F)c(S(=O)(=O)N4CCCC4)c3)CC2)cc1. The Bertz CT molecular complexity index is 1080. The van der Waals surface area contributed by atoms with Crippen LogP contribution in [-0.4, -0.2) is 81.4 Å². The molecule has 2 saturated heterocycles. The molecule has 2 heterocycles. The van der Waals surface area contributed by atoms with Gasteiger partial charge in [0.1, 0.15) is 16.5 Å². The summed E-state index contributed by atoms with van der Waals surface area (Å²) in [4.78, 5) is 16.6. The number of carbonyl (C=O) groups is 1. The van der Waals surface area contributed by atoms with Gasteiger partial charge in [-0.05, 0) is 55.2 Å². The molecule has 0 aliphatic carbocycles. The summed E-state index contributed by atoms with van der Waals surface area (Å²) >= 11 is 0. The van der Waals surface area contributed by atoms with Crippen LogP contribution in [0.3, 0.4) is 0 Å². The monoisotopic (exact) mass is 475 g/mol. The van der Waals surface area contributed by atoms with E-state index in [0.29, 0.717) is 26.2 Å². The molecule has 0 spiro atoms. The maximum Gasteiger partial charge on any atom is 0.253 e. The molecule has 1 amide bonds. The van der Waals surface area contributed by atoms with E-state index in [0.717, 1.165) is 50.7 Å². The van der Waals surface area contributed by atoms with Gasteiger partial charge in [0.25, 0.3) is 5.91 Å². The summed E-state index contributed by atoms with van der Waals surface area (Å²) in [6.07, 6.45) is 2.44. The number of halogens is 1. The Morgan fingerprint density at radius 1 is 0.970 bits per heavy atom. The minimum atomic E-state index is -3.93. The number of amides is 1. The first kappa shape index (κ1) is 23.7. The topological polar surface area (TPSA) is 70.2 Å². The largest absolute Gasteiger partial charge is 0.497 e. The molecular weight excluding hydrogens is 445 g/mol. The van der Waals surface area contributed by atoms with Gasteiger partial charge in [-0.3, -0.25) is 9.69 Å². The molecule has 2 aliphatic rings. The van der Waals surface area contributed by atoms with Gasteiger partial charge in [0.15, 0.2) is 0 Å². The van der Waals surface area contributed by atoms with Gasteiger partial charge in [0, 0.05) is 51.4 Å². The Morgan fingerprint density at radius 2 is 1.64 bits per heavy atom. The number of hydrogen-bond donors (Lipinski definition) is 0. The van der Waals surface area contributed by atoms with E-state index >= 15 is 0 Å². The molecule has 0 unspecified atom stereocenters. The lowest BCUT2D eigenvalue weighted by molar-refractivity contribution is 0.0638. The minimum absolute atomic E-state index is 0.209. The average molecular weight is 476 g/mol. The predicted molar refractivity (Wildman–Crippen MR) is 123 cm³/mol. The number of piperazine rings is 1. The van der Waals surface area contributed by atoms with Gasteiger partial charge in [-0.25, -0.2) is 12.8 Å². The second kappa shape index (κ2) is 10.2. The molecule has 2 aromatic carbocycles. The zero-order chi connectivity index (χ0) is 23.4. The fourth-order valence-corrected chi connectivity index (χ4v) is 5.95. The fourth-order valence-electron chi connectivity index (χ4n) is 4.34. The van der Waals surface area contributed by atoms with Crippen molar-refractivity contribution < 1.29 is 22.3 Å². The van der Waals surface area contributed by atoms with Crippen molar-refractivity contribution >= 4 is 15.9 Å². The molecule has 2 fully saturated rings. The highest BCUT2D eigenvalue weighted by molar-refractivity contribution is 7.89. The zero-order valence-electron chi connectivity index (χ0n) is 18.9. The lowest BCUT2D eigenvalue weighted by atomic mass is 10.1. The Morgan fingerprint density at radius 3 is 2.27 bits per heavy atom. The van der Waals surface area contributed by atoms with Crippen LogP contribution in [0, 0.1) is 5.82 Å². The van der Waals surface area contributed by atoms with Gasteiger partial charge in [-0.15, -0.1) is 0 Å². The smallest absolute Gasteiger partial charge is 0.253 e. The first-order valence-electron chi connectivity index (χ1n) is 11.3. The summed E-state index contributed by atoms with van der Waals surface area (Å²) in [6, 6.07) is 11.7. The molecule has 0 atom stereocenters. The van der Waals surface area contributed by atoms with Crippen LogP contribution in [0.4, 0.5) is 4.39 Å². The first-order chi connectivity index (χ1) is 15.9. The molecular formula is C24H30FN3O4S. The quantitative estimate of drug-likeness (QED) is 0.616. The maximum absolute atomic E-state index is 14.4. The Hall–Kier alpha value is -2.49. The summed E-state index contributed by atoms with van der Waals surface area (Å²) in [7, 11) is -2.28. The average Bonchev–Trinajstić information content (AvgIpc) is 3.39. The second-order valence-electron chi connectivity index (χ2n) is 8.49. The van der Waals surface area contributed by atoms with E-state index in [2.05, 4.69) is 17.0 Å². The van der Waals surface area contributed by atoms with Crippen LogP contribution in [0.25, 0.3) is 0 Å². The summed E-state index contributed by atoms with van der Waals surface area (Å²) in [5, 5.41) is 0. The maximum atomic E-state index is 14.4. The van der Waals surface area contributed by atoms with Crippen molar-refractivity contribution in [3.05, 3.63) is 59.4 Å². The van der Waals surface area contributed by atoms with Crippen molar-refractivity contribution in [1.82, 2.24) is 14.1 Å². The first-order valence-corrected chi connectivity index (χ1v) is 12.8. The summed E-state index contributed by atoms with van der Waals surface area (Å²) in [6.45, 7) is 4.24. The summed E-state index contributed by atoms with van der Waals surface area (Å²) < 4.78 is 46.5. The van der Waals surface area contributed by atoms with Crippen LogP contribution in [0.1, 0.15) is 28.8 Å². The summed E-state index contributed by atoms with van der Waals surface area (Å²) in [5.41, 5.74) is 1.44. The number of sulfonamides is 1. The van der Waals surface area contributed by atoms with Crippen LogP contribution in [0.2, 0.25) is 0 Å². The van der Waals surface area contributed by atoms with Crippen molar-refractivity contribution in [1.29, 1.82) is 0 Å². The third kappa shape index (κ3) is 5.37. The highest BCUT2D eigenvalue weighted by Gasteiger charge is 2.31. The van der Waals surface area contributed by atoms with Crippen molar-refractivity contribution in [2.45, 2.75) is 24.2 Å². The van der Waals surface area contributed by atoms with Gasteiger partial charge in [0.05, 0.1) is 7.11 Å². The van der Waals surface area contributed by atoms with E-state index in [1.807, 2.05) is 12.1 Å². The van der Waals surface area contributed by atoms with Crippen LogP contribution >= 0.6 is 0 Å². The van der Waals surface area contributed by atoms with E-state index in [9.17, 15) is 17.6 Å². The standard InChI is InChI=1S/C24H30FN3O4S/c1-32-21-7-4-19(5-8-21)10-13-26-14-16-27(17-15-26)24(29)20-6-9-22(25)23(18-20)33(30,31)28-11-2-3-12-28/h4-9,18H,2-3,10-17H2,1H3. The molecule has 33 heavy (non-hydrogen) atoms. The van der Waals surface area contributed by atoms with Crippen LogP contribution in [0.15, 0.2) is 47.4 Å². The molecule has 7 nitrogen and oxygen atoms in total. The van der Waals surface area contributed by atoms with Crippen molar-refractivity contribution in [2.75, 3.05) is 52.9 Å². The number of carbonyl (C=O) groups excluding carboxylic acids is 1. The number of benzene rings is 2. The summed E-state index contributed by atoms with van der Waals surface area (Å²) in [5.74, 6) is -0.243. The van der Waals surface area contributed by atoms with E-state index in [1.165, 1.54) is 22.0 Å². The van der Waals surface area contributed by atoms with Crippen molar-refractivity contribution in [3.63, 3.8) is 0 Å². The lowest BCUT2D eigenvalue weighted by Crippen LogP contribution is -2.49. The van der Waals surface area contributed by atoms with Gasteiger partial charge in [-0.2, -0.15) is 4.31 Å². The number of methoxy groups -OCH3 is 1. The fraction of sp³-hybridized carbons (Fsp3) is 0.458. The Labute approximate surface area is 194 Å². The Kier molecular flexibility index (Phi) is 7.31. The highest BCUT2D eigenvalue weighted by atomic mass is 32.2. The third-order valence-corrected chi connectivity index (χ3v) is 8.31. The zero-order valence-corrected chi connectivity index (χ0v) is 19.7. The van der Waals surface area contributed by atoms with Gasteiger partial charge in [0.2, 0.25) is 10.0 Å². The third-order valence-electron chi connectivity index (χ3n) is 6.40. The number of nitrogens with zero attached hydrogens (tertiary/aromatic N) is 3. The van der Waals surface area contributed by atoms with Gasteiger partial charge >= 0.3 is 0 Å². The Balaban J connectivity index is 1.35. The molecule has 0 radical (unpaired) electrons. The predicted octanol–water partition coefficient (Wildman–Crippen LogP) is 2.62. The molecule has 0 N–H and O–H groups in total. The number of hydrogen-bond acceptors (Lipinski definition) is 5. The highest BCUT2D eigenvalue weighted by Crippen LogP contribution is 2.25. The van der Waals surface area contributed by atoms with Gasteiger partial charge in [-0.1, -0.05) is 12.1 Å². The molecule has 178 valence electrons. The minimum Gasteiger partial charge on any atom is -0.497 e. The molecule has 4 rings (SSSR count).